The van der Waals surface area contributed by atoms with E-state index >= 15 is 0 Å². The number of rotatable bonds is 5. The Morgan fingerprint density at radius 2 is 1.83 bits per heavy atom. The first kappa shape index (κ1) is 20.1. The van der Waals surface area contributed by atoms with Crippen LogP contribution in [0.3, 0.4) is 0 Å². The SMILES string of the molecule is O=C(NNC(=O)C1CC(c2ccccc2)NN1)c1cnn(Cc2ccccc2Cl)c1. The Bertz CT molecular complexity index is 1040. The quantitative estimate of drug-likeness (QED) is 0.469. The van der Waals surface area contributed by atoms with Crippen molar-refractivity contribution in [3.63, 3.8) is 0 Å². The molecule has 1 fully saturated rings. The molecule has 3 aromatic rings. The molecule has 0 spiro atoms. The first-order valence-electron chi connectivity index (χ1n) is 9.52. The normalized spacial score (nSPS) is 18.2. The van der Waals surface area contributed by atoms with Crippen LogP contribution in [-0.2, 0) is 11.3 Å². The molecular formula is C21H21ClN6O2. The van der Waals surface area contributed by atoms with Gasteiger partial charge >= 0.3 is 0 Å². The summed E-state index contributed by atoms with van der Waals surface area (Å²) >= 11 is 6.16. The molecule has 0 bridgehead atoms. The van der Waals surface area contributed by atoms with Gasteiger partial charge in [0, 0.05) is 17.3 Å². The third kappa shape index (κ3) is 4.68. The second kappa shape index (κ2) is 9.08. The van der Waals surface area contributed by atoms with E-state index in [2.05, 4.69) is 26.8 Å². The maximum Gasteiger partial charge on any atom is 0.272 e. The van der Waals surface area contributed by atoms with Crippen LogP contribution in [0.1, 0.15) is 33.9 Å². The zero-order valence-corrected chi connectivity index (χ0v) is 16.8. The standard InChI is InChI=1S/C21H21ClN6O2/c22-17-9-5-4-8-15(17)12-28-13-16(11-23-28)20(29)26-27-21(30)19-10-18(24-25-19)14-6-2-1-3-7-14/h1-9,11,13,18-19,24-25H,10,12H2,(H,26,29)(H,27,30). The Morgan fingerprint density at radius 1 is 1.07 bits per heavy atom. The van der Waals surface area contributed by atoms with Crippen molar-refractivity contribution in [2.24, 2.45) is 0 Å². The lowest BCUT2D eigenvalue weighted by molar-refractivity contribution is -0.123. The highest BCUT2D eigenvalue weighted by Crippen LogP contribution is 2.21. The topological polar surface area (TPSA) is 100 Å². The molecule has 2 atom stereocenters. The zero-order chi connectivity index (χ0) is 20.9. The molecule has 2 unspecified atom stereocenters. The highest BCUT2D eigenvalue weighted by Gasteiger charge is 2.30. The number of halogens is 1. The number of nitrogens with zero attached hydrogens (tertiary/aromatic N) is 2. The highest BCUT2D eigenvalue weighted by atomic mass is 35.5. The minimum Gasteiger partial charge on any atom is -0.271 e. The van der Waals surface area contributed by atoms with E-state index in [4.69, 9.17) is 11.6 Å². The third-order valence-electron chi connectivity index (χ3n) is 4.91. The molecule has 1 saturated heterocycles. The number of amides is 2. The van der Waals surface area contributed by atoms with Crippen molar-refractivity contribution in [3.8, 4) is 0 Å². The Labute approximate surface area is 178 Å². The molecule has 1 aromatic heterocycles. The lowest BCUT2D eigenvalue weighted by atomic mass is 10.0. The van der Waals surface area contributed by atoms with Crippen molar-refractivity contribution >= 4 is 23.4 Å². The summed E-state index contributed by atoms with van der Waals surface area (Å²) < 4.78 is 1.62. The molecule has 2 amide bonds. The molecule has 0 aliphatic carbocycles. The van der Waals surface area contributed by atoms with E-state index in [1.165, 1.54) is 6.20 Å². The van der Waals surface area contributed by atoms with Crippen LogP contribution in [0, 0.1) is 0 Å². The van der Waals surface area contributed by atoms with Gasteiger partial charge in [0.1, 0.15) is 6.04 Å². The molecule has 2 aromatic carbocycles. The van der Waals surface area contributed by atoms with Gasteiger partial charge in [-0.2, -0.15) is 5.10 Å². The van der Waals surface area contributed by atoms with E-state index in [0.717, 1.165) is 11.1 Å². The molecule has 30 heavy (non-hydrogen) atoms. The van der Waals surface area contributed by atoms with Crippen LogP contribution in [0.2, 0.25) is 5.02 Å². The van der Waals surface area contributed by atoms with Crippen molar-refractivity contribution in [2.75, 3.05) is 0 Å². The first-order valence-corrected chi connectivity index (χ1v) is 9.90. The number of benzene rings is 2. The van der Waals surface area contributed by atoms with Crippen LogP contribution in [-0.4, -0.2) is 27.6 Å². The molecule has 4 N–H and O–H groups in total. The van der Waals surface area contributed by atoms with Crippen LogP contribution in [0.25, 0.3) is 0 Å². The second-order valence-corrected chi connectivity index (χ2v) is 7.41. The van der Waals surface area contributed by atoms with E-state index in [9.17, 15) is 9.59 Å². The van der Waals surface area contributed by atoms with Crippen molar-refractivity contribution in [2.45, 2.75) is 25.0 Å². The zero-order valence-electron chi connectivity index (χ0n) is 16.0. The Hall–Kier alpha value is -3.20. The maximum atomic E-state index is 12.4. The van der Waals surface area contributed by atoms with Crippen LogP contribution >= 0.6 is 11.6 Å². The smallest absolute Gasteiger partial charge is 0.271 e. The fourth-order valence-corrected chi connectivity index (χ4v) is 3.47. The highest BCUT2D eigenvalue weighted by molar-refractivity contribution is 6.31. The molecule has 1 aliphatic heterocycles. The molecule has 1 aliphatic rings. The summed E-state index contributed by atoms with van der Waals surface area (Å²) in [6, 6.07) is 16.9. The second-order valence-electron chi connectivity index (χ2n) is 7.00. The van der Waals surface area contributed by atoms with E-state index in [1.807, 2.05) is 48.5 Å². The van der Waals surface area contributed by atoms with Gasteiger partial charge in [0.2, 0.25) is 0 Å². The monoisotopic (exact) mass is 424 g/mol. The number of carbonyl (C=O) groups excluding carboxylic acids is 2. The van der Waals surface area contributed by atoms with Crippen molar-refractivity contribution in [3.05, 3.63) is 88.7 Å². The van der Waals surface area contributed by atoms with Gasteiger partial charge < -0.3 is 0 Å². The Balaban J connectivity index is 1.28. The number of hydrazine groups is 2. The van der Waals surface area contributed by atoms with Gasteiger partial charge in [0.25, 0.3) is 11.8 Å². The predicted molar refractivity (Wildman–Crippen MR) is 112 cm³/mol. The third-order valence-corrected chi connectivity index (χ3v) is 5.28. The van der Waals surface area contributed by atoms with E-state index in [0.29, 0.717) is 23.6 Å². The number of carbonyl (C=O) groups is 2. The van der Waals surface area contributed by atoms with Crippen molar-refractivity contribution in [1.82, 2.24) is 31.5 Å². The molecule has 8 nitrogen and oxygen atoms in total. The molecule has 4 rings (SSSR count). The van der Waals surface area contributed by atoms with Gasteiger partial charge in [-0.25, -0.2) is 10.9 Å². The van der Waals surface area contributed by atoms with Crippen molar-refractivity contribution < 1.29 is 9.59 Å². The molecule has 154 valence electrons. The summed E-state index contributed by atoms with van der Waals surface area (Å²) in [5.41, 5.74) is 13.3. The summed E-state index contributed by atoms with van der Waals surface area (Å²) in [4.78, 5) is 24.7. The van der Waals surface area contributed by atoms with Crippen LogP contribution in [0.4, 0.5) is 0 Å². The van der Waals surface area contributed by atoms with Crippen LogP contribution < -0.4 is 21.7 Å². The summed E-state index contributed by atoms with van der Waals surface area (Å²) in [5.74, 6) is -0.767. The molecular weight excluding hydrogens is 404 g/mol. The molecule has 9 heteroatoms. The number of hydrogen-bond donors (Lipinski definition) is 4. The van der Waals surface area contributed by atoms with E-state index in [1.54, 1.807) is 16.9 Å². The van der Waals surface area contributed by atoms with Gasteiger partial charge in [-0.15, -0.1) is 0 Å². The molecule has 0 saturated carbocycles. The fourth-order valence-electron chi connectivity index (χ4n) is 3.28. The maximum absolute atomic E-state index is 12.4. The van der Waals surface area contributed by atoms with Gasteiger partial charge in [0.15, 0.2) is 0 Å². The minimum atomic E-state index is -0.460. The van der Waals surface area contributed by atoms with Crippen molar-refractivity contribution in [1.29, 1.82) is 0 Å². The minimum absolute atomic E-state index is 0.0284. The summed E-state index contributed by atoms with van der Waals surface area (Å²) in [7, 11) is 0. The summed E-state index contributed by atoms with van der Waals surface area (Å²) in [6.07, 6.45) is 3.62. The fraction of sp³-hybridized carbons (Fsp3) is 0.190. The summed E-state index contributed by atoms with van der Waals surface area (Å²) in [5, 5.41) is 4.82. The van der Waals surface area contributed by atoms with Crippen LogP contribution in [0.15, 0.2) is 67.0 Å². The van der Waals surface area contributed by atoms with E-state index < -0.39 is 11.9 Å². The number of hydrogen-bond acceptors (Lipinski definition) is 5. The predicted octanol–water partition coefficient (Wildman–Crippen LogP) is 1.95. The average molecular weight is 425 g/mol. The summed E-state index contributed by atoms with van der Waals surface area (Å²) in [6.45, 7) is 0.442. The van der Waals surface area contributed by atoms with Gasteiger partial charge in [0.05, 0.1) is 18.3 Å². The Kier molecular flexibility index (Phi) is 6.08. The van der Waals surface area contributed by atoms with E-state index in [-0.39, 0.29) is 11.9 Å². The molecule has 2 heterocycles. The number of aromatic nitrogens is 2. The van der Waals surface area contributed by atoms with Crippen LogP contribution in [0.5, 0.6) is 0 Å². The Morgan fingerprint density at radius 3 is 2.63 bits per heavy atom. The lowest BCUT2D eigenvalue weighted by Crippen LogP contribution is -2.50. The lowest BCUT2D eigenvalue weighted by Gasteiger charge is -2.11. The number of nitrogens with one attached hydrogen (secondary N) is 4. The van der Waals surface area contributed by atoms with Gasteiger partial charge in [-0.05, 0) is 23.6 Å². The first-order chi connectivity index (χ1) is 14.6. The van der Waals surface area contributed by atoms with Gasteiger partial charge in [-0.1, -0.05) is 60.1 Å². The average Bonchev–Trinajstić information content (AvgIpc) is 3.44. The largest absolute Gasteiger partial charge is 0.272 e. The van der Waals surface area contributed by atoms with Gasteiger partial charge in [-0.3, -0.25) is 25.1 Å². The molecule has 0 radical (unpaired) electrons.